The molecule has 0 aromatic heterocycles. The molecule has 0 saturated carbocycles. The van der Waals surface area contributed by atoms with Gasteiger partial charge in [0.1, 0.15) is 5.75 Å². The fourth-order valence-corrected chi connectivity index (χ4v) is 1.90. The van der Waals surface area contributed by atoms with Crippen molar-refractivity contribution in [3.05, 3.63) is 54.6 Å². The van der Waals surface area contributed by atoms with Crippen LogP contribution >= 0.6 is 0 Å². The monoisotopic (exact) mass is 323 g/mol. The molecule has 0 heterocycles. The molecule has 5 nitrogen and oxygen atoms in total. The predicted molar refractivity (Wildman–Crippen MR) is 90.2 cm³/mol. The molecule has 0 spiro atoms. The lowest BCUT2D eigenvalue weighted by molar-refractivity contribution is -0.150. The zero-order valence-electron chi connectivity index (χ0n) is 13.0. The van der Waals surface area contributed by atoms with Gasteiger partial charge >= 0.3 is 5.97 Å². The highest BCUT2D eigenvalue weighted by Crippen LogP contribution is 2.21. The number of terminal acetylenes is 1. The van der Waals surface area contributed by atoms with Crippen molar-refractivity contribution < 1.29 is 19.1 Å². The van der Waals surface area contributed by atoms with Gasteiger partial charge in [0.2, 0.25) is 0 Å². The number of hydrogen-bond donors (Lipinski definition) is 1. The van der Waals surface area contributed by atoms with E-state index < -0.39 is 11.9 Å². The van der Waals surface area contributed by atoms with E-state index in [1.54, 1.807) is 12.1 Å². The Kier molecular flexibility index (Phi) is 6.42. The van der Waals surface area contributed by atoms with E-state index in [-0.39, 0.29) is 19.8 Å². The summed E-state index contributed by atoms with van der Waals surface area (Å²) in [6.07, 6.45) is 5.00. The Morgan fingerprint density at radius 1 is 0.958 bits per heavy atom. The van der Waals surface area contributed by atoms with Gasteiger partial charge in [-0.25, -0.2) is 4.79 Å². The van der Waals surface area contributed by atoms with Crippen LogP contribution < -0.4 is 10.1 Å². The Morgan fingerprint density at radius 3 is 2.29 bits per heavy atom. The van der Waals surface area contributed by atoms with Gasteiger partial charge < -0.3 is 14.8 Å². The zero-order chi connectivity index (χ0) is 17.2. The number of hydrogen-bond acceptors (Lipinski definition) is 4. The van der Waals surface area contributed by atoms with Crippen molar-refractivity contribution in [2.75, 3.05) is 19.8 Å². The van der Waals surface area contributed by atoms with Gasteiger partial charge in [0.15, 0.2) is 13.2 Å². The molecule has 0 aliphatic rings. The van der Waals surface area contributed by atoms with Gasteiger partial charge in [-0.15, -0.1) is 6.42 Å². The van der Waals surface area contributed by atoms with Crippen molar-refractivity contribution in [2.24, 2.45) is 0 Å². The zero-order valence-corrected chi connectivity index (χ0v) is 13.0. The second-order valence-corrected chi connectivity index (χ2v) is 4.82. The standard InChI is InChI=1S/C19H17NO4/c1-2-12-20-18(21)13-24-19(22)14-23-17-10-8-16(9-11-17)15-6-4-3-5-7-15/h1,3-11H,12-14H2,(H,20,21). The van der Waals surface area contributed by atoms with Gasteiger partial charge in [-0.3, -0.25) is 4.79 Å². The fraction of sp³-hybridized carbons (Fsp3) is 0.158. The van der Waals surface area contributed by atoms with Gasteiger partial charge in [0.05, 0.1) is 6.54 Å². The van der Waals surface area contributed by atoms with Crippen LogP contribution in [0.4, 0.5) is 0 Å². The first-order valence-electron chi connectivity index (χ1n) is 7.33. The van der Waals surface area contributed by atoms with Crippen LogP contribution in [0.1, 0.15) is 0 Å². The van der Waals surface area contributed by atoms with E-state index in [9.17, 15) is 9.59 Å². The Hall–Kier alpha value is -3.26. The van der Waals surface area contributed by atoms with Crippen LogP contribution in [-0.4, -0.2) is 31.6 Å². The number of ether oxygens (including phenoxy) is 2. The third kappa shape index (κ3) is 5.50. The second-order valence-electron chi connectivity index (χ2n) is 4.82. The summed E-state index contributed by atoms with van der Waals surface area (Å²) in [5, 5.41) is 2.39. The van der Waals surface area contributed by atoms with Crippen molar-refractivity contribution in [3.63, 3.8) is 0 Å². The van der Waals surface area contributed by atoms with Crippen molar-refractivity contribution in [2.45, 2.75) is 0 Å². The van der Waals surface area contributed by atoms with E-state index in [4.69, 9.17) is 15.9 Å². The van der Waals surface area contributed by atoms with Crippen LogP contribution in [0.5, 0.6) is 5.75 Å². The highest BCUT2D eigenvalue weighted by atomic mass is 16.6. The first kappa shape index (κ1) is 17.1. The molecule has 0 radical (unpaired) electrons. The maximum absolute atomic E-state index is 11.5. The van der Waals surface area contributed by atoms with Gasteiger partial charge in [-0.2, -0.15) is 0 Å². The van der Waals surface area contributed by atoms with E-state index in [1.165, 1.54) is 0 Å². The molecule has 2 rings (SSSR count). The second kappa shape index (κ2) is 9.01. The number of benzene rings is 2. The summed E-state index contributed by atoms with van der Waals surface area (Å²) >= 11 is 0. The molecule has 5 heteroatoms. The van der Waals surface area contributed by atoms with Crippen LogP contribution in [0.2, 0.25) is 0 Å². The molecule has 0 unspecified atom stereocenters. The highest BCUT2D eigenvalue weighted by molar-refractivity contribution is 5.81. The first-order valence-corrected chi connectivity index (χ1v) is 7.33. The number of rotatable bonds is 7. The lowest BCUT2D eigenvalue weighted by atomic mass is 10.1. The van der Waals surface area contributed by atoms with Crippen LogP contribution in [0.3, 0.4) is 0 Å². The molecule has 0 saturated heterocycles. The molecular weight excluding hydrogens is 306 g/mol. The third-order valence-electron chi connectivity index (χ3n) is 3.07. The highest BCUT2D eigenvalue weighted by Gasteiger charge is 2.08. The van der Waals surface area contributed by atoms with Crippen molar-refractivity contribution >= 4 is 11.9 Å². The predicted octanol–water partition coefficient (Wildman–Crippen LogP) is 2.02. The van der Waals surface area contributed by atoms with Gasteiger partial charge in [0, 0.05) is 0 Å². The molecule has 0 aliphatic carbocycles. The molecule has 24 heavy (non-hydrogen) atoms. The SMILES string of the molecule is C#CCNC(=O)COC(=O)COc1ccc(-c2ccccc2)cc1. The molecular formula is C19H17NO4. The summed E-state index contributed by atoms with van der Waals surface area (Å²) in [5.74, 6) is 1.72. The molecule has 1 N–H and O–H groups in total. The van der Waals surface area contributed by atoms with Gasteiger partial charge in [0.25, 0.3) is 5.91 Å². The molecule has 1 amide bonds. The number of esters is 1. The molecule has 0 fully saturated rings. The summed E-state index contributed by atoms with van der Waals surface area (Å²) in [6.45, 7) is -0.551. The summed E-state index contributed by atoms with van der Waals surface area (Å²) in [7, 11) is 0. The van der Waals surface area contributed by atoms with E-state index in [2.05, 4.69) is 11.2 Å². The maximum Gasteiger partial charge on any atom is 0.344 e. The van der Waals surface area contributed by atoms with Gasteiger partial charge in [-0.1, -0.05) is 48.4 Å². The van der Waals surface area contributed by atoms with E-state index in [0.29, 0.717) is 5.75 Å². The summed E-state index contributed by atoms with van der Waals surface area (Å²) < 4.78 is 10.1. The summed E-state index contributed by atoms with van der Waals surface area (Å²) in [6, 6.07) is 17.3. The molecule has 122 valence electrons. The quantitative estimate of drug-likeness (QED) is 0.625. The van der Waals surface area contributed by atoms with Crippen LogP contribution in [0, 0.1) is 12.3 Å². The smallest absolute Gasteiger partial charge is 0.344 e. The Labute approximate surface area is 140 Å². The van der Waals surface area contributed by atoms with E-state index in [1.807, 2.05) is 42.5 Å². The molecule has 0 aliphatic heterocycles. The normalized spacial score (nSPS) is 9.62. The molecule has 2 aromatic carbocycles. The molecule has 2 aromatic rings. The average Bonchev–Trinajstić information content (AvgIpc) is 2.64. The first-order chi connectivity index (χ1) is 11.7. The van der Waals surface area contributed by atoms with E-state index in [0.717, 1.165) is 11.1 Å². The lowest BCUT2D eigenvalue weighted by Gasteiger charge is -2.08. The van der Waals surface area contributed by atoms with Crippen LogP contribution in [-0.2, 0) is 14.3 Å². The lowest BCUT2D eigenvalue weighted by Crippen LogP contribution is -2.30. The maximum atomic E-state index is 11.5. The number of carbonyl (C=O) groups is 2. The van der Waals surface area contributed by atoms with E-state index >= 15 is 0 Å². The third-order valence-corrected chi connectivity index (χ3v) is 3.07. The van der Waals surface area contributed by atoms with Crippen molar-refractivity contribution in [3.8, 4) is 29.2 Å². The topological polar surface area (TPSA) is 64.6 Å². The van der Waals surface area contributed by atoms with Gasteiger partial charge in [-0.05, 0) is 23.3 Å². The Bertz CT molecular complexity index is 717. The summed E-state index contributed by atoms with van der Waals surface area (Å²) in [5.41, 5.74) is 2.15. The number of carbonyl (C=O) groups excluding carboxylic acids is 2. The molecule has 0 bridgehead atoms. The summed E-state index contributed by atoms with van der Waals surface area (Å²) in [4.78, 5) is 22.7. The largest absolute Gasteiger partial charge is 0.482 e. The minimum absolute atomic E-state index is 0.0979. The van der Waals surface area contributed by atoms with Crippen molar-refractivity contribution in [1.29, 1.82) is 0 Å². The molecule has 0 atom stereocenters. The van der Waals surface area contributed by atoms with Crippen LogP contribution in [0.15, 0.2) is 54.6 Å². The number of amides is 1. The van der Waals surface area contributed by atoms with Crippen molar-refractivity contribution in [1.82, 2.24) is 5.32 Å². The minimum Gasteiger partial charge on any atom is -0.482 e. The average molecular weight is 323 g/mol. The Balaban J connectivity index is 1.77. The van der Waals surface area contributed by atoms with Crippen LogP contribution in [0.25, 0.3) is 11.1 Å². The Morgan fingerprint density at radius 2 is 1.62 bits per heavy atom. The minimum atomic E-state index is -0.627. The fourth-order valence-electron chi connectivity index (χ4n) is 1.90. The number of nitrogens with one attached hydrogen (secondary N) is 1.